The van der Waals surface area contributed by atoms with Crippen LogP contribution in [-0.4, -0.2) is 18.0 Å². The summed E-state index contributed by atoms with van der Waals surface area (Å²) in [7, 11) is 0. The highest BCUT2D eigenvalue weighted by Crippen LogP contribution is 2.23. The summed E-state index contributed by atoms with van der Waals surface area (Å²) < 4.78 is 5.20. The van der Waals surface area contributed by atoms with E-state index in [9.17, 15) is 9.59 Å². The number of benzene rings is 2. The molecular formula is C18H15NO3S. The molecule has 0 spiro atoms. The van der Waals surface area contributed by atoms with Crippen molar-refractivity contribution in [2.75, 3.05) is 5.32 Å². The number of hydrogen-bond acceptors (Lipinski definition) is 4. The maximum absolute atomic E-state index is 12.3. The van der Waals surface area contributed by atoms with Gasteiger partial charge in [-0.2, -0.15) is 11.3 Å². The SMILES string of the molecule is CC(OC(=O)c1ccsc1)C(=O)Nc1cccc2ccccc12. The van der Waals surface area contributed by atoms with Gasteiger partial charge in [0.15, 0.2) is 6.10 Å². The van der Waals surface area contributed by atoms with E-state index >= 15 is 0 Å². The molecule has 0 aliphatic carbocycles. The third-order valence-corrected chi connectivity index (χ3v) is 4.14. The number of thiophene rings is 1. The molecule has 1 aromatic heterocycles. The average molecular weight is 325 g/mol. The van der Waals surface area contributed by atoms with Gasteiger partial charge in [0.2, 0.25) is 0 Å². The van der Waals surface area contributed by atoms with Crippen molar-refractivity contribution in [2.45, 2.75) is 13.0 Å². The lowest BCUT2D eigenvalue weighted by Crippen LogP contribution is -2.29. The van der Waals surface area contributed by atoms with Gasteiger partial charge in [0.1, 0.15) is 0 Å². The molecule has 3 rings (SSSR count). The second-order valence-electron chi connectivity index (χ2n) is 5.08. The first-order valence-corrected chi connectivity index (χ1v) is 8.11. The predicted octanol–water partition coefficient (Wildman–Crippen LogP) is 4.09. The lowest BCUT2D eigenvalue weighted by molar-refractivity contribution is -0.123. The van der Waals surface area contributed by atoms with Gasteiger partial charge in [-0.05, 0) is 29.8 Å². The number of rotatable bonds is 4. The number of carbonyl (C=O) groups excluding carboxylic acids is 2. The molecule has 3 aromatic rings. The number of hydrogen-bond donors (Lipinski definition) is 1. The first-order chi connectivity index (χ1) is 11.1. The molecule has 1 atom stereocenters. The Labute approximate surface area is 137 Å². The van der Waals surface area contributed by atoms with Crippen molar-refractivity contribution in [3.63, 3.8) is 0 Å². The number of amides is 1. The first kappa shape index (κ1) is 15.2. The highest BCUT2D eigenvalue weighted by molar-refractivity contribution is 7.08. The molecule has 0 saturated heterocycles. The lowest BCUT2D eigenvalue weighted by Gasteiger charge is -2.14. The van der Waals surface area contributed by atoms with Gasteiger partial charge in [0.05, 0.1) is 5.56 Å². The molecule has 1 amide bonds. The van der Waals surface area contributed by atoms with Crippen LogP contribution in [0.3, 0.4) is 0 Å². The van der Waals surface area contributed by atoms with E-state index in [4.69, 9.17) is 4.74 Å². The molecule has 1 N–H and O–H groups in total. The van der Waals surface area contributed by atoms with Gasteiger partial charge in [0, 0.05) is 16.5 Å². The van der Waals surface area contributed by atoms with Crippen molar-refractivity contribution in [3.8, 4) is 0 Å². The largest absolute Gasteiger partial charge is 0.449 e. The molecule has 0 bridgehead atoms. The lowest BCUT2D eigenvalue weighted by atomic mass is 10.1. The fraction of sp³-hybridized carbons (Fsp3) is 0.111. The minimum Gasteiger partial charge on any atom is -0.449 e. The quantitative estimate of drug-likeness (QED) is 0.735. The second kappa shape index (κ2) is 6.62. The highest BCUT2D eigenvalue weighted by atomic mass is 32.1. The summed E-state index contributed by atoms with van der Waals surface area (Å²) in [5.74, 6) is -0.850. The van der Waals surface area contributed by atoms with E-state index in [1.807, 2.05) is 42.5 Å². The molecule has 0 aliphatic rings. The van der Waals surface area contributed by atoms with E-state index in [-0.39, 0.29) is 5.91 Å². The van der Waals surface area contributed by atoms with Crippen LogP contribution in [0.4, 0.5) is 5.69 Å². The molecule has 0 saturated carbocycles. The predicted molar refractivity (Wildman–Crippen MR) is 91.8 cm³/mol. The number of fused-ring (bicyclic) bond motifs is 1. The Morgan fingerprint density at radius 2 is 1.87 bits per heavy atom. The van der Waals surface area contributed by atoms with Crippen LogP contribution in [0.2, 0.25) is 0 Å². The van der Waals surface area contributed by atoms with Gasteiger partial charge in [-0.15, -0.1) is 0 Å². The van der Waals surface area contributed by atoms with Crippen LogP contribution in [0.1, 0.15) is 17.3 Å². The van der Waals surface area contributed by atoms with Crippen LogP contribution in [0.15, 0.2) is 59.3 Å². The maximum atomic E-state index is 12.3. The van der Waals surface area contributed by atoms with E-state index in [1.165, 1.54) is 11.3 Å². The Balaban J connectivity index is 1.72. The summed E-state index contributed by atoms with van der Waals surface area (Å²) in [4.78, 5) is 24.2. The van der Waals surface area contributed by atoms with Crippen molar-refractivity contribution in [1.82, 2.24) is 0 Å². The second-order valence-corrected chi connectivity index (χ2v) is 5.86. The maximum Gasteiger partial charge on any atom is 0.339 e. The smallest absolute Gasteiger partial charge is 0.339 e. The van der Waals surface area contributed by atoms with Gasteiger partial charge < -0.3 is 10.1 Å². The molecule has 1 unspecified atom stereocenters. The highest BCUT2D eigenvalue weighted by Gasteiger charge is 2.19. The Hall–Kier alpha value is -2.66. The molecule has 1 heterocycles. The summed E-state index contributed by atoms with van der Waals surface area (Å²) in [5.41, 5.74) is 1.16. The van der Waals surface area contributed by atoms with E-state index in [0.29, 0.717) is 11.3 Å². The minimum absolute atomic E-state index is 0.357. The number of anilines is 1. The molecule has 0 fully saturated rings. The van der Waals surface area contributed by atoms with Crippen molar-refractivity contribution in [1.29, 1.82) is 0 Å². The zero-order valence-electron chi connectivity index (χ0n) is 12.5. The summed E-state index contributed by atoms with van der Waals surface area (Å²) in [6.07, 6.45) is -0.874. The Morgan fingerprint density at radius 3 is 2.65 bits per heavy atom. The summed E-state index contributed by atoms with van der Waals surface area (Å²) in [5, 5.41) is 8.28. The summed E-state index contributed by atoms with van der Waals surface area (Å²) >= 11 is 1.41. The van der Waals surface area contributed by atoms with Gasteiger partial charge in [-0.25, -0.2) is 4.79 Å². The fourth-order valence-corrected chi connectivity index (χ4v) is 2.86. The third kappa shape index (κ3) is 3.40. The number of nitrogens with one attached hydrogen (secondary N) is 1. The van der Waals surface area contributed by atoms with E-state index in [1.54, 1.807) is 23.8 Å². The molecular weight excluding hydrogens is 310 g/mol. The van der Waals surface area contributed by atoms with Gasteiger partial charge in [-0.3, -0.25) is 4.79 Å². The zero-order chi connectivity index (χ0) is 16.2. The van der Waals surface area contributed by atoms with Crippen LogP contribution in [0.25, 0.3) is 10.8 Å². The van der Waals surface area contributed by atoms with Gasteiger partial charge >= 0.3 is 5.97 Å². The molecule has 23 heavy (non-hydrogen) atoms. The molecule has 0 aliphatic heterocycles. The minimum atomic E-state index is -0.874. The fourth-order valence-electron chi connectivity index (χ4n) is 2.23. The Kier molecular flexibility index (Phi) is 4.39. The van der Waals surface area contributed by atoms with Crippen molar-refractivity contribution >= 4 is 39.7 Å². The Bertz CT molecular complexity index is 837. The number of esters is 1. The third-order valence-electron chi connectivity index (χ3n) is 3.46. The van der Waals surface area contributed by atoms with Crippen molar-refractivity contribution < 1.29 is 14.3 Å². The van der Waals surface area contributed by atoms with E-state index < -0.39 is 12.1 Å². The number of ether oxygens (including phenoxy) is 1. The van der Waals surface area contributed by atoms with Crippen molar-refractivity contribution in [3.05, 3.63) is 64.9 Å². The van der Waals surface area contributed by atoms with Crippen LogP contribution >= 0.6 is 11.3 Å². The van der Waals surface area contributed by atoms with Gasteiger partial charge in [-0.1, -0.05) is 36.4 Å². The normalized spacial score (nSPS) is 11.9. The molecule has 2 aromatic carbocycles. The van der Waals surface area contributed by atoms with Crippen molar-refractivity contribution in [2.24, 2.45) is 0 Å². The first-order valence-electron chi connectivity index (χ1n) is 7.17. The molecule has 4 nitrogen and oxygen atoms in total. The molecule has 116 valence electrons. The summed E-state index contributed by atoms with van der Waals surface area (Å²) in [6, 6.07) is 15.1. The van der Waals surface area contributed by atoms with Crippen LogP contribution in [0, 0.1) is 0 Å². The summed E-state index contributed by atoms with van der Waals surface area (Å²) in [6.45, 7) is 1.56. The standard InChI is InChI=1S/C18H15NO3S/c1-12(22-18(21)14-9-10-23-11-14)17(20)19-16-8-4-6-13-5-2-3-7-15(13)16/h2-12H,1H3,(H,19,20). The molecule has 5 heteroatoms. The monoisotopic (exact) mass is 325 g/mol. The Morgan fingerprint density at radius 1 is 1.09 bits per heavy atom. The van der Waals surface area contributed by atoms with E-state index in [0.717, 1.165) is 10.8 Å². The van der Waals surface area contributed by atoms with E-state index in [2.05, 4.69) is 5.32 Å². The topological polar surface area (TPSA) is 55.4 Å². The number of carbonyl (C=O) groups is 2. The molecule has 0 radical (unpaired) electrons. The van der Waals surface area contributed by atoms with Crippen LogP contribution < -0.4 is 5.32 Å². The van der Waals surface area contributed by atoms with Gasteiger partial charge in [0.25, 0.3) is 5.91 Å². The average Bonchev–Trinajstić information content (AvgIpc) is 3.09. The van der Waals surface area contributed by atoms with Crippen LogP contribution in [0.5, 0.6) is 0 Å². The van der Waals surface area contributed by atoms with Crippen LogP contribution in [-0.2, 0) is 9.53 Å². The zero-order valence-corrected chi connectivity index (χ0v) is 13.3.